The molecule has 4 nitrogen and oxygen atoms in total. The SMILES string of the molecule is CC1CN(CCC(=O)N2CCNCC2)CCS1.Cl. The third-order valence-electron chi connectivity index (χ3n) is 3.44. The highest BCUT2D eigenvalue weighted by molar-refractivity contribution is 7.99. The van der Waals surface area contributed by atoms with Crippen molar-refractivity contribution < 1.29 is 4.79 Å². The lowest BCUT2D eigenvalue weighted by molar-refractivity contribution is -0.132. The first-order valence-corrected chi connectivity index (χ1v) is 7.63. The van der Waals surface area contributed by atoms with E-state index in [-0.39, 0.29) is 12.4 Å². The summed E-state index contributed by atoms with van der Waals surface area (Å²) in [6.07, 6.45) is 0.692. The predicted octanol–water partition coefficient (Wildman–Crippen LogP) is 0.667. The van der Waals surface area contributed by atoms with Gasteiger partial charge in [0, 0.05) is 63.2 Å². The zero-order chi connectivity index (χ0) is 12.1. The molecule has 0 saturated carbocycles. The molecule has 1 amide bonds. The van der Waals surface area contributed by atoms with E-state index in [0.717, 1.165) is 51.1 Å². The molecule has 2 heterocycles. The van der Waals surface area contributed by atoms with Gasteiger partial charge in [-0.15, -0.1) is 12.4 Å². The maximum atomic E-state index is 12.0. The van der Waals surface area contributed by atoms with Gasteiger partial charge in [-0.2, -0.15) is 11.8 Å². The Morgan fingerprint density at radius 2 is 2.06 bits per heavy atom. The highest BCUT2D eigenvalue weighted by Gasteiger charge is 2.20. The summed E-state index contributed by atoms with van der Waals surface area (Å²) in [4.78, 5) is 16.4. The van der Waals surface area contributed by atoms with Gasteiger partial charge >= 0.3 is 0 Å². The van der Waals surface area contributed by atoms with Crippen LogP contribution in [0.5, 0.6) is 0 Å². The fourth-order valence-corrected chi connectivity index (χ4v) is 3.50. The van der Waals surface area contributed by atoms with Crippen LogP contribution in [0.2, 0.25) is 0 Å². The molecule has 0 bridgehead atoms. The Bertz CT molecular complexity index is 262. The number of nitrogens with one attached hydrogen (secondary N) is 1. The fourth-order valence-electron chi connectivity index (χ4n) is 2.42. The molecule has 0 aliphatic carbocycles. The van der Waals surface area contributed by atoms with Crippen LogP contribution in [-0.4, -0.2) is 72.5 Å². The van der Waals surface area contributed by atoms with Crippen LogP contribution in [0.4, 0.5) is 0 Å². The third kappa shape index (κ3) is 4.96. The Hall–Kier alpha value is 0.0300. The van der Waals surface area contributed by atoms with Crippen LogP contribution >= 0.6 is 24.2 Å². The molecule has 1 atom stereocenters. The second kappa shape index (κ2) is 8.25. The maximum Gasteiger partial charge on any atom is 0.223 e. The summed E-state index contributed by atoms with van der Waals surface area (Å²) in [6.45, 7) is 9.15. The van der Waals surface area contributed by atoms with Gasteiger partial charge in [0.2, 0.25) is 5.91 Å². The molecule has 2 rings (SSSR count). The van der Waals surface area contributed by atoms with E-state index < -0.39 is 0 Å². The molecule has 1 N–H and O–H groups in total. The molecule has 18 heavy (non-hydrogen) atoms. The predicted molar refractivity (Wildman–Crippen MR) is 79.7 cm³/mol. The minimum absolute atomic E-state index is 0. The number of piperazine rings is 1. The quantitative estimate of drug-likeness (QED) is 0.830. The zero-order valence-electron chi connectivity index (χ0n) is 11.1. The minimum atomic E-state index is 0. The Morgan fingerprint density at radius 3 is 2.72 bits per heavy atom. The van der Waals surface area contributed by atoms with E-state index in [1.807, 2.05) is 16.7 Å². The number of carbonyl (C=O) groups excluding carboxylic acids is 1. The van der Waals surface area contributed by atoms with E-state index in [1.54, 1.807) is 0 Å². The van der Waals surface area contributed by atoms with E-state index in [9.17, 15) is 4.79 Å². The van der Waals surface area contributed by atoms with E-state index in [0.29, 0.717) is 12.3 Å². The molecule has 0 spiro atoms. The van der Waals surface area contributed by atoms with Crippen molar-refractivity contribution in [2.24, 2.45) is 0 Å². The van der Waals surface area contributed by atoms with Crippen LogP contribution in [0.1, 0.15) is 13.3 Å². The zero-order valence-corrected chi connectivity index (χ0v) is 12.7. The average molecular weight is 294 g/mol. The number of halogens is 1. The second-order valence-corrected chi connectivity index (χ2v) is 6.41. The lowest BCUT2D eigenvalue weighted by Gasteiger charge is -2.32. The normalized spacial score (nSPS) is 25.6. The number of carbonyl (C=O) groups is 1. The van der Waals surface area contributed by atoms with E-state index >= 15 is 0 Å². The van der Waals surface area contributed by atoms with Gasteiger partial charge in [0.1, 0.15) is 0 Å². The third-order valence-corrected chi connectivity index (χ3v) is 4.57. The van der Waals surface area contributed by atoms with Gasteiger partial charge in [0.15, 0.2) is 0 Å². The molecule has 2 aliphatic rings. The van der Waals surface area contributed by atoms with Gasteiger partial charge < -0.3 is 15.1 Å². The van der Waals surface area contributed by atoms with E-state index in [2.05, 4.69) is 17.1 Å². The first-order chi connectivity index (χ1) is 8.25. The molecule has 0 aromatic rings. The van der Waals surface area contributed by atoms with Crippen LogP contribution in [0.25, 0.3) is 0 Å². The molecular weight excluding hydrogens is 270 g/mol. The summed E-state index contributed by atoms with van der Waals surface area (Å²) in [5, 5.41) is 3.99. The van der Waals surface area contributed by atoms with Crippen molar-refractivity contribution in [2.45, 2.75) is 18.6 Å². The number of hydrogen-bond acceptors (Lipinski definition) is 4. The average Bonchev–Trinajstić information content (AvgIpc) is 2.37. The molecule has 0 aromatic carbocycles. The minimum Gasteiger partial charge on any atom is -0.340 e. The first-order valence-electron chi connectivity index (χ1n) is 6.58. The fraction of sp³-hybridized carbons (Fsp3) is 0.917. The van der Waals surface area contributed by atoms with Gasteiger partial charge in [-0.3, -0.25) is 4.79 Å². The largest absolute Gasteiger partial charge is 0.340 e. The maximum absolute atomic E-state index is 12.0. The van der Waals surface area contributed by atoms with Crippen molar-refractivity contribution in [3.05, 3.63) is 0 Å². The van der Waals surface area contributed by atoms with Gasteiger partial charge in [-0.05, 0) is 0 Å². The second-order valence-electron chi connectivity index (χ2n) is 4.86. The number of nitrogens with zero attached hydrogens (tertiary/aromatic N) is 2. The van der Waals surface area contributed by atoms with Crippen molar-refractivity contribution in [1.29, 1.82) is 0 Å². The van der Waals surface area contributed by atoms with Crippen LogP contribution in [0.15, 0.2) is 0 Å². The molecule has 0 aromatic heterocycles. The van der Waals surface area contributed by atoms with E-state index in [1.165, 1.54) is 5.75 Å². The van der Waals surface area contributed by atoms with Crippen LogP contribution < -0.4 is 5.32 Å². The standard InChI is InChI=1S/C12H23N3OS.ClH/c1-11-10-14(8-9-17-11)5-2-12(16)15-6-3-13-4-7-15;/h11,13H,2-10H2,1H3;1H. The lowest BCUT2D eigenvalue weighted by atomic mass is 10.2. The molecular formula is C12H24ClN3OS. The topological polar surface area (TPSA) is 35.6 Å². The molecule has 1 unspecified atom stereocenters. The summed E-state index contributed by atoms with van der Waals surface area (Å²) < 4.78 is 0. The van der Waals surface area contributed by atoms with Gasteiger partial charge in [0.25, 0.3) is 0 Å². The molecule has 0 radical (unpaired) electrons. The van der Waals surface area contributed by atoms with Crippen LogP contribution in [0, 0.1) is 0 Å². The summed E-state index contributed by atoms with van der Waals surface area (Å²) in [5.41, 5.74) is 0. The molecule has 2 fully saturated rings. The Balaban J connectivity index is 0.00000162. The van der Waals surface area contributed by atoms with E-state index in [4.69, 9.17) is 0 Å². The van der Waals surface area contributed by atoms with Crippen molar-refractivity contribution in [1.82, 2.24) is 15.1 Å². The van der Waals surface area contributed by atoms with Gasteiger partial charge in [-0.25, -0.2) is 0 Å². The molecule has 2 aliphatic heterocycles. The summed E-state index contributed by atoms with van der Waals surface area (Å²) in [7, 11) is 0. The summed E-state index contributed by atoms with van der Waals surface area (Å²) in [5.74, 6) is 1.54. The van der Waals surface area contributed by atoms with Crippen molar-refractivity contribution >= 4 is 30.1 Å². The number of amides is 1. The number of hydrogen-bond donors (Lipinski definition) is 1. The smallest absolute Gasteiger partial charge is 0.223 e. The van der Waals surface area contributed by atoms with Gasteiger partial charge in [0.05, 0.1) is 0 Å². The summed E-state index contributed by atoms with van der Waals surface area (Å²) >= 11 is 2.04. The highest BCUT2D eigenvalue weighted by Crippen LogP contribution is 2.17. The van der Waals surface area contributed by atoms with Crippen molar-refractivity contribution in [2.75, 3.05) is 51.6 Å². The number of rotatable bonds is 3. The number of thioether (sulfide) groups is 1. The molecule has 106 valence electrons. The van der Waals surface area contributed by atoms with Crippen molar-refractivity contribution in [3.8, 4) is 0 Å². The first kappa shape index (κ1) is 16.1. The Morgan fingerprint density at radius 1 is 1.33 bits per heavy atom. The monoisotopic (exact) mass is 293 g/mol. The molecule has 2 saturated heterocycles. The van der Waals surface area contributed by atoms with Crippen molar-refractivity contribution in [3.63, 3.8) is 0 Å². The molecule has 6 heteroatoms. The Kier molecular flexibility index (Phi) is 7.37. The highest BCUT2D eigenvalue weighted by atomic mass is 35.5. The lowest BCUT2D eigenvalue weighted by Crippen LogP contribution is -2.47. The van der Waals surface area contributed by atoms with Crippen LogP contribution in [-0.2, 0) is 4.79 Å². The van der Waals surface area contributed by atoms with Crippen LogP contribution in [0.3, 0.4) is 0 Å². The summed E-state index contributed by atoms with van der Waals surface area (Å²) in [6, 6.07) is 0. The Labute approximate surface area is 120 Å². The van der Waals surface area contributed by atoms with Gasteiger partial charge in [-0.1, -0.05) is 6.92 Å².